The van der Waals surface area contributed by atoms with Crippen molar-refractivity contribution in [2.75, 3.05) is 44.2 Å². The summed E-state index contributed by atoms with van der Waals surface area (Å²) < 4.78 is 0. The summed E-state index contributed by atoms with van der Waals surface area (Å²) in [6.07, 6.45) is 1.16. The van der Waals surface area contributed by atoms with Crippen molar-refractivity contribution >= 4 is 29.1 Å². The molecule has 0 aliphatic carbocycles. The lowest BCUT2D eigenvalue weighted by molar-refractivity contribution is -0.136. The van der Waals surface area contributed by atoms with Gasteiger partial charge < -0.3 is 14.7 Å². The van der Waals surface area contributed by atoms with E-state index in [4.69, 9.17) is 11.6 Å². The molecule has 29 heavy (non-hydrogen) atoms. The van der Waals surface area contributed by atoms with E-state index in [1.807, 2.05) is 52.3 Å². The van der Waals surface area contributed by atoms with E-state index in [2.05, 4.69) is 17.0 Å². The lowest BCUT2D eigenvalue weighted by Gasteiger charge is -2.37. The minimum absolute atomic E-state index is 0.0943. The average Bonchev–Trinajstić information content (AvgIpc) is 3.13. The maximum atomic E-state index is 13.0. The highest BCUT2D eigenvalue weighted by molar-refractivity contribution is 6.30. The maximum Gasteiger partial charge on any atom is 0.228 e. The normalized spacial score (nSPS) is 19.7. The predicted octanol–water partition coefficient (Wildman–Crippen LogP) is 3.08. The number of nitrogens with zero attached hydrogens (tertiary/aromatic N) is 3. The Morgan fingerprint density at radius 2 is 1.76 bits per heavy atom. The molecule has 2 amide bonds. The van der Waals surface area contributed by atoms with Crippen LogP contribution in [0.1, 0.15) is 12.0 Å². The molecule has 0 spiro atoms. The van der Waals surface area contributed by atoms with Crippen LogP contribution in [0, 0.1) is 5.92 Å². The number of hydrogen-bond acceptors (Lipinski definition) is 3. The molecule has 0 unspecified atom stereocenters. The molecule has 1 atom stereocenters. The van der Waals surface area contributed by atoms with Gasteiger partial charge in [-0.1, -0.05) is 48.0 Å². The highest BCUT2D eigenvalue weighted by Crippen LogP contribution is 2.24. The quantitative estimate of drug-likeness (QED) is 0.759. The molecule has 2 aromatic rings. The van der Waals surface area contributed by atoms with E-state index in [9.17, 15) is 9.59 Å². The molecule has 4 rings (SSSR count). The van der Waals surface area contributed by atoms with E-state index in [0.717, 1.165) is 30.2 Å². The Bertz CT molecular complexity index is 865. The van der Waals surface area contributed by atoms with Crippen molar-refractivity contribution in [3.8, 4) is 0 Å². The molecule has 0 radical (unpaired) electrons. The van der Waals surface area contributed by atoms with Crippen LogP contribution in [0.15, 0.2) is 54.6 Å². The van der Waals surface area contributed by atoms with Gasteiger partial charge in [0.2, 0.25) is 11.8 Å². The molecule has 2 aromatic carbocycles. The molecular formula is C23H26ClN3O2. The van der Waals surface area contributed by atoms with Gasteiger partial charge in [-0.05, 0) is 30.2 Å². The summed E-state index contributed by atoms with van der Waals surface area (Å²) in [6, 6.07) is 18.0. The van der Waals surface area contributed by atoms with Gasteiger partial charge in [0.1, 0.15) is 0 Å². The SMILES string of the molecule is O=C1C[C@H](C(=O)N2CCN(c3cccc(Cl)c3)CC2)CN1CCc1ccccc1. The first-order chi connectivity index (χ1) is 14.1. The maximum absolute atomic E-state index is 13.0. The van der Waals surface area contributed by atoms with Gasteiger partial charge in [-0.2, -0.15) is 0 Å². The van der Waals surface area contributed by atoms with Crippen molar-refractivity contribution in [1.29, 1.82) is 0 Å². The van der Waals surface area contributed by atoms with Crippen molar-refractivity contribution in [3.63, 3.8) is 0 Å². The predicted molar refractivity (Wildman–Crippen MR) is 115 cm³/mol. The highest BCUT2D eigenvalue weighted by atomic mass is 35.5. The van der Waals surface area contributed by atoms with Crippen molar-refractivity contribution in [2.24, 2.45) is 5.92 Å². The van der Waals surface area contributed by atoms with E-state index >= 15 is 0 Å². The number of rotatable bonds is 5. The fourth-order valence-electron chi connectivity index (χ4n) is 4.18. The van der Waals surface area contributed by atoms with E-state index in [1.54, 1.807) is 0 Å². The molecule has 2 fully saturated rings. The van der Waals surface area contributed by atoms with Gasteiger partial charge in [0.15, 0.2) is 0 Å². The van der Waals surface area contributed by atoms with Gasteiger partial charge in [-0.25, -0.2) is 0 Å². The van der Waals surface area contributed by atoms with Crippen LogP contribution in [0.3, 0.4) is 0 Å². The number of carbonyl (C=O) groups is 2. The molecule has 0 saturated carbocycles. The van der Waals surface area contributed by atoms with Gasteiger partial charge in [0.25, 0.3) is 0 Å². The summed E-state index contributed by atoms with van der Waals surface area (Å²) in [4.78, 5) is 31.4. The Labute approximate surface area is 176 Å². The van der Waals surface area contributed by atoms with Gasteiger partial charge in [0, 0.05) is 56.4 Å². The van der Waals surface area contributed by atoms with Gasteiger partial charge in [0.05, 0.1) is 5.92 Å². The van der Waals surface area contributed by atoms with Crippen LogP contribution in [0.5, 0.6) is 0 Å². The fourth-order valence-corrected chi connectivity index (χ4v) is 4.36. The minimum Gasteiger partial charge on any atom is -0.368 e. The fraction of sp³-hybridized carbons (Fsp3) is 0.391. The number of amides is 2. The summed E-state index contributed by atoms with van der Waals surface area (Å²) in [7, 11) is 0. The van der Waals surface area contributed by atoms with Crippen LogP contribution in [-0.4, -0.2) is 60.9 Å². The van der Waals surface area contributed by atoms with Crippen LogP contribution >= 0.6 is 11.6 Å². The van der Waals surface area contributed by atoms with Gasteiger partial charge in [-0.3, -0.25) is 9.59 Å². The zero-order chi connectivity index (χ0) is 20.2. The van der Waals surface area contributed by atoms with E-state index < -0.39 is 0 Å². The molecule has 152 valence electrons. The number of halogens is 1. The second-order valence-corrected chi connectivity index (χ2v) is 8.21. The Balaban J connectivity index is 1.28. The van der Waals surface area contributed by atoms with Crippen molar-refractivity contribution in [3.05, 3.63) is 65.2 Å². The standard InChI is InChI=1S/C23H26ClN3O2/c24-20-7-4-8-21(16-20)25-11-13-26(14-12-25)23(29)19-15-22(28)27(17-19)10-9-18-5-2-1-3-6-18/h1-8,16,19H,9-15,17H2/t19-/m0/s1. The van der Waals surface area contributed by atoms with Crippen molar-refractivity contribution < 1.29 is 9.59 Å². The third-order valence-electron chi connectivity index (χ3n) is 5.84. The van der Waals surface area contributed by atoms with Crippen molar-refractivity contribution in [2.45, 2.75) is 12.8 Å². The first kappa shape index (κ1) is 19.8. The van der Waals surface area contributed by atoms with Gasteiger partial charge >= 0.3 is 0 Å². The third-order valence-corrected chi connectivity index (χ3v) is 6.08. The molecule has 2 aliphatic rings. The van der Waals surface area contributed by atoms with Gasteiger partial charge in [-0.15, -0.1) is 0 Å². The Morgan fingerprint density at radius 3 is 2.48 bits per heavy atom. The topological polar surface area (TPSA) is 43.9 Å². The molecule has 5 nitrogen and oxygen atoms in total. The first-order valence-corrected chi connectivity index (χ1v) is 10.6. The lowest BCUT2D eigenvalue weighted by Crippen LogP contribution is -2.50. The third kappa shape index (κ3) is 4.73. The number of benzene rings is 2. The Hall–Kier alpha value is -2.53. The second-order valence-electron chi connectivity index (χ2n) is 7.77. The molecule has 0 aromatic heterocycles. The molecule has 2 aliphatic heterocycles. The van der Waals surface area contributed by atoms with Crippen LogP contribution in [0.25, 0.3) is 0 Å². The summed E-state index contributed by atoms with van der Waals surface area (Å²) in [5.74, 6) is -0.000794. The van der Waals surface area contributed by atoms with E-state index in [-0.39, 0.29) is 17.7 Å². The molecular weight excluding hydrogens is 386 g/mol. The number of likely N-dealkylation sites (tertiary alicyclic amines) is 1. The van der Waals surface area contributed by atoms with Crippen molar-refractivity contribution in [1.82, 2.24) is 9.80 Å². The van der Waals surface area contributed by atoms with Crippen LogP contribution in [0.2, 0.25) is 5.02 Å². The molecule has 0 N–H and O–H groups in total. The number of piperazine rings is 1. The largest absolute Gasteiger partial charge is 0.368 e. The summed E-state index contributed by atoms with van der Waals surface area (Å²) >= 11 is 6.09. The van der Waals surface area contributed by atoms with Crippen LogP contribution in [0.4, 0.5) is 5.69 Å². The first-order valence-electron chi connectivity index (χ1n) is 10.2. The molecule has 0 bridgehead atoms. The molecule has 6 heteroatoms. The minimum atomic E-state index is -0.212. The second kappa shape index (κ2) is 8.87. The summed E-state index contributed by atoms with van der Waals surface area (Å²) in [5.41, 5.74) is 2.31. The summed E-state index contributed by atoms with van der Waals surface area (Å²) in [6.45, 7) is 4.14. The Kier molecular flexibility index (Phi) is 6.05. The Morgan fingerprint density at radius 1 is 1.00 bits per heavy atom. The van der Waals surface area contributed by atoms with Crippen LogP contribution in [-0.2, 0) is 16.0 Å². The molecule has 2 heterocycles. The monoisotopic (exact) mass is 411 g/mol. The lowest BCUT2D eigenvalue weighted by atomic mass is 10.1. The number of carbonyl (C=O) groups excluding carboxylic acids is 2. The van der Waals surface area contributed by atoms with E-state index in [0.29, 0.717) is 32.6 Å². The summed E-state index contributed by atoms with van der Waals surface area (Å²) in [5, 5.41) is 0.723. The zero-order valence-corrected chi connectivity index (χ0v) is 17.2. The highest BCUT2D eigenvalue weighted by Gasteiger charge is 2.37. The number of anilines is 1. The van der Waals surface area contributed by atoms with E-state index in [1.165, 1.54) is 5.56 Å². The van der Waals surface area contributed by atoms with Crippen LogP contribution < -0.4 is 4.90 Å². The zero-order valence-electron chi connectivity index (χ0n) is 16.5. The average molecular weight is 412 g/mol. The number of hydrogen-bond donors (Lipinski definition) is 0. The smallest absolute Gasteiger partial charge is 0.228 e. The molecule has 2 saturated heterocycles.